The maximum absolute atomic E-state index is 12.7. The number of aryl methyl sites for hydroxylation is 1. The van der Waals surface area contributed by atoms with E-state index in [4.69, 9.17) is 0 Å². The van der Waals surface area contributed by atoms with Crippen LogP contribution < -0.4 is 10.6 Å². The van der Waals surface area contributed by atoms with E-state index in [0.717, 1.165) is 45.3 Å². The highest BCUT2D eigenvalue weighted by Gasteiger charge is 2.37. The number of thiazole rings is 1. The predicted octanol–water partition coefficient (Wildman–Crippen LogP) is 4.26. The molecule has 2 N–H and O–H groups in total. The fourth-order valence-corrected chi connectivity index (χ4v) is 4.37. The number of para-hydroxylation sites is 1. The number of amides is 1. The Morgan fingerprint density at radius 1 is 1.15 bits per heavy atom. The van der Waals surface area contributed by atoms with Crippen LogP contribution in [0.4, 0.5) is 5.69 Å². The molecule has 1 aromatic heterocycles. The quantitative estimate of drug-likeness (QED) is 0.748. The number of hydrogen-bond acceptors (Lipinski definition) is 4. The molecule has 1 fully saturated rings. The topological polar surface area (TPSA) is 54.0 Å². The van der Waals surface area contributed by atoms with E-state index in [2.05, 4.69) is 39.2 Å². The minimum absolute atomic E-state index is 0.0168. The first-order valence-corrected chi connectivity index (χ1v) is 9.50. The Kier molecular flexibility index (Phi) is 3.43. The van der Waals surface area contributed by atoms with Crippen LogP contribution >= 0.6 is 11.3 Å². The molecule has 128 valence electrons. The van der Waals surface area contributed by atoms with E-state index in [1.54, 1.807) is 11.3 Å². The summed E-state index contributed by atoms with van der Waals surface area (Å²) >= 11 is 1.65. The van der Waals surface area contributed by atoms with Crippen molar-refractivity contribution in [3.05, 3.63) is 81.1 Å². The zero-order valence-electron chi connectivity index (χ0n) is 14.2. The van der Waals surface area contributed by atoms with E-state index in [9.17, 15) is 4.79 Å². The maximum Gasteiger partial charge on any atom is 0.254 e. The van der Waals surface area contributed by atoms with Gasteiger partial charge in [0, 0.05) is 34.0 Å². The van der Waals surface area contributed by atoms with E-state index in [0.29, 0.717) is 0 Å². The summed E-state index contributed by atoms with van der Waals surface area (Å²) in [5.74, 6) is 0.0267. The second-order valence-electron chi connectivity index (χ2n) is 6.65. The van der Waals surface area contributed by atoms with Crippen LogP contribution in [0, 0.1) is 12.8 Å². The number of benzene rings is 1. The second-order valence-corrected chi connectivity index (χ2v) is 7.71. The molecule has 0 saturated carbocycles. The normalized spacial score (nSPS) is 23.6. The minimum atomic E-state index is -0.0168. The van der Waals surface area contributed by atoms with Gasteiger partial charge in [-0.15, -0.1) is 11.3 Å². The maximum atomic E-state index is 12.7. The molecule has 2 aromatic rings. The molecule has 0 bridgehead atoms. The molecule has 3 aliphatic rings. The van der Waals surface area contributed by atoms with Crippen LogP contribution in [0.5, 0.6) is 0 Å². The van der Waals surface area contributed by atoms with Crippen LogP contribution in [0.25, 0.3) is 11.6 Å². The van der Waals surface area contributed by atoms with Gasteiger partial charge >= 0.3 is 0 Å². The summed E-state index contributed by atoms with van der Waals surface area (Å²) in [5.41, 5.74) is 7.02. The Bertz CT molecular complexity index is 1050. The van der Waals surface area contributed by atoms with Gasteiger partial charge in [-0.3, -0.25) is 4.79 Å². The highest BCUT2D eigenvalue weighted by atomic mass is 32.1. The Hall–Kier alpha value is -2.92. The lowest BCUT2D eigenvalue weighted by Gasteiger charge is -2.22. The van der Waals surface area contributed by atoms with Crippen molar-refractivity contribution < 1.29 is 4.79 Å². The lowest BCUT2D eigenvalue weighted by molar-refractivity contribution is -0.116. The number of nitrogens with one attached hydrogen (secondary N) is 2. The van der Waals surface area contributed by atoms with Crippen LogP contribution in [-0.4, -0.2) is 10.9 Å². The van der Waals surface area contributed by atoms with Crippen molar-refractivity contribution in [2.75, 3.05) is 5.32 Å². The van der Waals surface area contributed by atoms with Crippen LogP contribution in [0.15, 0.2) is 64.8 Å². The summed E-state index contributed by atoms with van der Waals surface area (Å²) in [4.78, 5) is 17.3. The predicted molar refractivity (Wildman–Crippen MR) is 105 cm³/mol. The van der Waals surface area contributed by atoms with Gasteiger partial charge in [0.05, 0.1) is 10.7 Å². The van der Waals surface area contributed by atoms with Crippen LogP contribution in [-0.2, 0) is 4.79 Å². The first-order valence-electron chi connectivity index (χ1n) is 8.62. The van der Waals surface area contributed by atoms with Crippen molar-refractivity contribution in [3.8, 4) is 0 Å². The number of allylic oxidation sites excluding steroid dienone is 5. The first-order chi connectivity index (χ1) is 12.7. The average Bonchev–Trinajstić information content (AvgIpc) is 3.23. The molecule has 1 aliphatic carbocycles. The lowest BCUT2D eigenvalue weighted by Crippen LogP contribution is -2.16. The van der Waals surface area contributed by atoms with E-state index >= 15 is 0 Å². The van der Waals surface area contributed by atoms with Crippen molar-refractivity contribution in [1.82, 2.24) is 10.3 Å². The van der Waals surface area contributed by atoms with Gasteiger partial charge in [0.15, 0.2) is 0 Å². The zero-order valence-corrected chi connectivity index (χ0v) is 15.1. The number of anilines is 1. The van der Waals surface area contributed by atoms with Crippen LogP contribution in [0.2, 0.25) is 0 Å². The number of carbonyl (C=O) groups is 1. The number of carbonyl (C=O) groups excluding carboxylic acids is 1. The first kappa shape index (κ1) is 15.3. The van der Waals surface area contributed by atoms with Crippen molar-refractivity contribution in [2.24, 2.45) is 5.92 Å². The Morgan fingerprint density at radius 3 is 2.88 bits per heavy atom. The van der Waals surface area contributed by atoms with Crippen molar-refractivity contribution >= 4 is 34.6 Å². The fourth-order valence-electron chi connectivity index (χ4n) is 3.73. The van der Waals surface area contributed by atoms with Crippen LogP contribution in [0.3, 0.4) is 0 Å². The largest absolute Gasteiger partial charge is 0.355 e. The summed E-state index contributed by atoms with van der Waals surface area (Å²) in [7, 11) is 0. The number of nitrogens with zero attached hydrogens (tertiary/aromatic N) is 1. The Morgan fingerprint density at radius 2 is 2.04 bits per heavy atom. The molecule has 1 atom stereocenters. The number of aromatic nitrogens is 1. The van der Waals surface area contributed by atoms with E-state index < -0.39 is 0 Å². The number of rotatable bonds is 1. The molecule has 3 heterocycles. The van der Waals surface area contributed by atoms with E-state index in [-0.39, 0.29) is 11.8 Å². The molecule has 0 spiro atoms. The summed E-state index contributed by atoms with van der Waals surface area (Å²) in [6.07, 6.45) is 8.94. The molecule has 1 amide bonds. The molecule has 26 heavy (non-hydrogen) atoms. The van der Waals surface area contributed by atoms with Crippen molar-refractivity contribution in [2.45, 2.75) is 13.3 Å². The SMILES string of the molecule is Cc1nc(C2=CC=C3NC(=O)C(=C4C=Cc5ccccc5N4)C3C2)cs1. The van der Waals surface area contributed by atoms with Gasteiger partial charge in [-0.2, -0.15) is 0 Å². The van der Waals surface area contributed by atoms with Gasteiger partial charge in [-0.25, -0.2) is 4.98 Å². The summed E-state index contributed by atoms with van der Waals surface area (Å²) in [6, 6.07) is 8.11. The van der Waals surface area contributed by atoms with Gasteiger partial charge < -0.3 is 10.6 Å². The summed E-state index contributed by atoms with van der Waals surface area (Å²) in [5, 5.41) is 9.61. The van der Waals surface area contributed by atoms with Gasteiger partial charge in [0.2, 0.25) is 0 Å². The highest BCUT2D eigenvalue weighted by Crippen LogP contribution is 2.41. The molecule has 4 nitrogen and oxygen atoms in total. The van der Waals surface area contributed by atoms with Crippen molar-refractivity contribution in [3.63, 3.8) is 0 Å². The summed E-state index contributed by atoms with van der Waals surface area (Å²) < 4.78 is 0. The molecular weight excluding hydrogens is 342 g/mol. The third-order valence-electron chi connectivity index (χ3n) is 5.01. The molecule has 5 rings (SSSR count). The third kappa shape index (κ3) is 2.44. The Balaban J connectivity index is 1.53. The number of hydrogen-bond donors (Lipinski definition) is 2. The van der Waals surface area contributed by atoms with Gasteiger partial charge in [0.25, 0.3) is 5.91 Å². The summed E-state index contributed by atoms with van der Waals surface area (Å²) in [6.45, 7) is 2.01. The molecule has 1 aromatic carbocycles. The molecule has 1 unspecified atom stereocenters. The third-order valence-corrected chi connectivity index (χ3v) is 5.79. The van der Waals surface area contributed by atoms with Crippen molar-refractivity contribution in [1.29, 1.82) is 0 Å². The highest BCUT2D eigenvalue weighted by molar-refractivity contribution is 7.09. The molecule has 1 saturated heterocycles. The molecule has 5 heteroatoms. The average molecular weight is 359 g/mol. The van der Waals surface area contributed by atoms with Gasteiger partial charge in [-0.1, -0.05) is 30.4 Å². The van der Waals surface area contributed by atoms with Gasteiger partial charge in [0.1, 0.15) is 0 Å². The molecule has 0 radical (unpaired) electrons. The molecular formula is C21H17N3OS. The lowest BCUT2D eigenvalue weighted by atomic mass is 9.85. The molecule has 2 aliphatic heterocycles. The minimum Gasteiger partial charge on any atom is -0.355 e. The standard InChI is InChI=1S/C21H17N3OS/c1-12-22-19(11-26-12)14-7-8-17-15(10-14)20(21(25)24-17)18-9-6-13-4-2-3-5-16(13)23-18/h2-9,11,15,23H,10H2,1H3,(H,24,25). The monoisotopic (exact) mass is 359 g/mol. The Labute approximate surface area is 155 Å². The smallest absolute Gasteiger partial charge is 0.254 e. The van der Waals surface area contributed by atoms with Crippen LogP contribution in [0.1, 0.15) is 22.7 Å². The fraction of sp³-hybridized carbons (Fsp3) is 0.143. The number of fused-ring (bicyclic) bond motifs is 2. The second kappa shape index (κ2) is 5.81. The zero-order chi connectivity index (χ0) is 17.7. The van der Waals surface area contributed by atoms with Gasteiger partial charge in [-0.05, 0) is 42.7 Å². The van der Waals surface area contributed by atoms with E-state index in [1.807, 2.05) is 37.3 Å². The van der Waals surface area contributed by atoms with E-state index in [1.165, 1.54) is 5.57 Å².